The molecule has 1 aromatic carbocycles. The van der Waals surface area contributed by atoms with Crippen LogP contribution in [0.25, 0.3) is 0 Å². The van der Waals surface area contributed by atoms with Crippen molar-refractivity contribution >= 4 is 28.6 Å². The topological polar surface area (TPSA) is 83.4 Å². The first-order valence-electron chi connectivity index (χ1n) is 4.35. The van der Waals surface area contributed by atoms with E-state index in [-0.39, 0.29) is 10.7 Å². The summed E-state index contributed by atoms with van der Waals surface area (Å²) in [5.41, 5.74) is 8.56. The average molecular weight is 234 g/mol. The summed E-state index contributed by atoms with van der Waals surface area (Å²) in [5, 5.41) is 12.5. The van der Waals surface area contributed by atoms with Gasteiger partial charge in [0.1, 0.15) is 16.8 Å². The molecular formula is C10H10N4OS. The minimum Gasteiger partial charge on any atom is -0.495 e. The van der Waals surface area contributed by atoms with Gasteiger partial charge in [-0.05, 0) is 12.1 Å². The molecule has 0 unspecified atom stereocenters. The molecule has 3 N–H and O–H groups in total. The Bertz CT molecular complexity index is 464. The van der Waals surface area contributed by atoms with Crippen LogP contribution in [0.15, 0.2) is 29.4 Å². The number of anilines is 1. The lowest BCUT2D eigenvalue weighted by Gasteiger charge is -2.06. The largest absolute Gasteiger partial charge is 0.495 e. The molecule has 0 heterocycles. The molecule has 0 radical (unpaired) electrons. The second kappa shape index (κ2) is 5.68. The van der Waals surface area contributed by atoms with Crippen LogP contribution >= 0.6 is 12.2 Å². The number of nitriles is 1. The number of hydrogen-bond donors (Lipinski definition) is 2. The molecule has 1 aromatic rings. The normalized spacial score (nSPS) is 10.4. The smallest absolute Gasteiger partial charge is 0.194 e. The van der Waals surface area contributed by atoms with Crippen LogP contribution in [0.2, 0.25) is 0 Å². The quantitative estimate of drug-likeness (QED) is 0.465. The van der Waals surface area contributed by atoms with Crippen molar-refractivity contribution in [3.05, 3.63) is 24.3 Å². The van der Waals surface area contributed by atoms with Crippen molar-refractivity contribution in [1.29, 1.82) is 5.26 Å². The van der Waals surface area contributed by atoms with Gasteiger partial charge in [0.2, 0.25) is 0 Å². The Morgan fingerprint density at radius 1 is 1.56 bits per heavy atom. The number of hydrogen-bond acceptors (Lipinski definition) is 5. The molecule has 82 valence electrons. The van der Waals surface area contributed by atoms with E-state index in [2.05, 4.69) is 22.7 Å². The van der Waals surface area contributed by atoms with Gasteiger partial charge < -0.3 is 10.5 Å². The molecule has 0 fully saturated rings. The van der Waals surface area contributed by atoms with Gasteiger partial charge in [0.25, 0.3) is 0 Å². The number of rotatable bonds is 4. The molecule has 0 amide bonds. The zero-order chi connectivity index (χ0) is 12.0. The lowest BCUT2D eigenvalue weighted by Crippen LogP contribution is -2.20. The van der Waals surface area contributed by atoms with Crippen molar-refractivity contribution in [3.63, 3.8) is 0 Å². The highest BCUT2D eigenvalue weighted by atomic mass is 32.1. The first-order valence-corrected chi connectivity index (χ1v) is 4.76. The molecule has 0 spiro atoms. The fourth-order valence-corrected chi connectivity index (χ4v) is 1.08. The second-order valence-electron chi connectivity index (χ2n) is 2.75. The highest BCUT2D eigenvalue weighted by molar-refractivity contribution is 7.82. The van der Waals surface area contributed by atoms with E-state index < -0.39 is 0 Å². The van der Waals surface area contributed by atoms with Crippen LogP contribution in [-0.4, -0.2) is 17.8 Å². The molecular weight excluding hydrogens is 224 g/mol. The van der Waals surface area contributed by atoms with E-state index in [4.69, 9.17) is 15.7 Å². The summed E-state index contributed by atoms with van der Waals surface area (Å²) in [5.74, 6) is 0.617. The standard InChI is InChI=1S/C10H10N4OS/c1-15-9-5-3-2-4-7(9)13-14-8(6-11)10(12)16/h2-5,13H,1H3,(H2,12,16)/b14-8+. The second-order valence-corrected chi connectivity index (χ2v) is 3.19. The molecule has 0 atom stereocenters. The van der Waals surface area contributed by atoms with Crippen LogP contribution in [0.1, 0.15) is 0 Å². The molecule has 0 aliphatic rings. The number of nitrogens with two attached hydrogens (primary N) is 1. The number of methoxy groups -OCH3 is 1. The summed E-state index contributed by atoms with van der Waals surface area (Å²) in [7, 11) is 1.54. The Morgan fingerprint density at radius 3 is 2.81 bits per heavy atom. The summed E-state index contributed by atoms with van der Waals surface area (Å²) in [6.07, 6.45) is 0. The van der Waals surface area contributed by atoms with Crippen LogP contribution in [0.4, 0.5) is 5.69 Å². The van der Waals surface area contributed by atoms with E-state index in [1.807, 2.05) is 12.1 Å². The van der Waals surface area contributed by atoms with E-state index >= 15 is 0 Å². The molecule has 16 heavy (non-hydrogen) atoms. The summed E-state index contributed by atoms with van der Waals surface area (Å²) in [6.45, 7) is 0. The van der Waals surface area contributed by atoms with Gasteiger partial charge in [0, 0.05) is 0 Å². The Labute approximate surface area is 98.5 Å². The number of benzene rings is 1. The highest BCUT2D eigenvalue weighted by Gasteiger charge is 2.03. The number of thiocarbonyl (C=S) groups is 1. The van der Waals surface area contributed by atoms with Crippen LogP contribution in [-0.2, 0) is 0 Å². The van der Waals surface area contributed by atoms with Crippen LogP contribution in [0.5, 0.6) is 5.75 Å². The minimum atomic E-state index is -0.0510. The summed E-state index contributed by atoms with van der Waals surface area (Å²) in [4.78, 5) is -0.0510. The van der Waals surface area contributed by atoms with Gasteiger partial charge in [0.05, 0.1) is 12.8 Å². The number of para-hydroxylation sites is 2. The van der Waals surface area contributed by atoms with Gasteiger partial charge >= 0.3 is 0 Å². The molecule has 6 heteroatoms. The minimum absolute atomic E-state index is 0.0269. The van der Waals surface area contributed by atoms with E-state index in [0.29, 0.717) is 11.4 Å². The van der Waals surface area contributed by atoms with Crippen molar-refractivity contribution in [1.82, 2.24) is 0 Å². The van der Waals surface area contributed by atoms with E-state index in [1.165, 1.54) is 0 Å². The molecule has 0 aliphatic carbocycles. The zero-order valence-corrected chi connectivity index (χ0v) is 9.41. The summed E-state index contributed by atoms with van der Waals surface area (Å²) >= 11 is 4.65. The fourth-order valence-electron chi connectivity index (χ4n) is 0.988. The first-order chi connectivity index (χ1) is 7.69. The van der Waals surface area contributed by atoms with E-state index in [9.17, 15) is 0 Å². The average Bonchev–Trinajstić information content (AvgIpc) is 2.30. The van der Waals surface area contributed by atoms with Gasteiger partial charge in [-0.1, -0.05) is 24.4 Å². The van der Waals surface area contributed by atoms with Crippen LogP contribution < -0.4 is 15.9 Å². The molecule has 0 bridgehead atoms. The Morgan fingerprint density at radius 2 is 2.25 bits per heavy atom. The number of hydrazone groups is 1. The molecule has 0 saturated carbocycles. The number of ether oxygens (including phenoxy) is 1. The van der Waals surface area contributed by atoms with Crippen molar-refractivity contribution in [2.45, 2.75) is 0 Å². The Hall–Kier alpha value is -2.13. The SMILES string of the molecule is COc1ccccc1N/N=C(\C#N)C(N)=S. The predicted octanol–water partition coefficient (Wildman–Crippen LogP) is 1.27. The first kappa shape index (κ1) is 11.9. The third-order valence-corrected chi connectivity index (χ3v) is 1.93. The summed E-state index contributed by atoms with van der Waals surface area (Å²) < 4.78 is 5.09. The Kier molecular flexibility index (Phi) is 4.24. The van der Waals surface area contributed by atoms with Crippen LogP contribution in [0.3, 0.4) is 0 Å². The van der Waals surface area contributed by atoms with Gasteiger partial charge in [0.15, 0.2) is 5.71 Å². The maximum atomic E-state index is 8.68. The lowest BCUT2D eigenvalue weighted by atomic mass is 10.3. The lowest BCUT2D eigenvalue weighted by molar-refractivity contribution is 0.416. The number of nitrogens with zero attached hydrogens (tertiary/aromatic N) is 2. The third kappa shape index (κ3) is 2.93. The van der Waals surface area contributed by atoms with Crippen molar-refractivity contribution in [3.8, 4) is 11.8 Å². The maximum Gasteiger partial charge on any atom is 0.194 e. The molecule has 1 rings (SSSR count). The van der Waals surface area contributed by atoms with Crippen LogP contribution in [0, 0.1) is 11.3 Å². The van der Waals surface area contributed by atoms with E-state index in [1.54, 1.807) is 25.3 Å². The van der Waals surface area contributed by atoms with Crippen molar-refractivity contribution in [2.24, 2.45) is 10.8 Å². The van der Waals surface area contributed by atoms with E-state index in [0.717, 1.165) is 0 Å². The number of nitrogens with one attached hydrogen (secondary N) is 1. The Balaban J connectivity index is 2.89. The highest BCUT2D eigenvalue weighted by Crippen LogP contribution is 2.22. The zero-order valence-electron chi connectivity index (χ0n) is 8.60. The van der Waals surface area contributed by atoms with Gasteiger partial charge in [-0.15, -0.1) is 0 Å². The molecule has 0 aliphatic heterocycles. The van der Waals surface area contributed by atoms with Gasteiger partial charge in [-0.25, -0.2) is 0 Å². The van der Waals surface area contributed by atoms with Gasteiger partial charge in [-0.2, -0.15) is 10.4 Å². The van der Waals surface area contributed by atoms with Gasteiger partial charge in [-0.3, -0.25) is 5.43 Å². The maximum absolute atomic E-state index is 8.68. The predicted molar refractivity (Wildman–Crippen MR) is 66.5 cm³/mol. The van der Waals surface area contributed by atoms with Crippen molar-refractivity contribution in [2.75, 3.05) is 12.5 Å². The monoisotopic (exact) mass is 234 g/mol. The fraction of sp³-hybridized carbons (Fsp3) is 0.100. The third-order valence-electron chi connectivity index (χ3n) is 1.73. The molecule has 5 nitrogen and oxygen atoms in total. The summed E-state index contributed by atoms with van der Waals surface area (Å²) in [6, 6.07) is 8.96. The molecule has 0 aromatic heterocycles. The molecule has 0 saturated heterocycles. The van der Waals surface area contributed by atoms with Crippen molar-refractivity contribution < 1.29 is 4.74 Å².